The predicted octanol–water partition coefficient (Wildman–Crippen LogP) is 5.39. The number of aromatic nitrogens is 2. The predicted molar refractivity (Wildman–Crippen MR) is 142 cm³/mol. The standard InChI is InChI=1S/C26H21FN6O2S2/c1-15-2-5-17(10-22(15)27)31-26-32-18(14-37-26)13-36-25-21(12-29)23(20(11-28)24(30)33-25)16-3-6-19(7-4-16)35-9-8-34/h2-7,10,14,34H,8-9,13H2,1H3,(H2,30,33)(H,31,32). The third-order valence-corrected chi connectivity index (χ3v) is 7.07. The van der Waals surface area contributed by atoms with E-state index in [1.54, 1.807) is 43.3 Å². The number of hydrogen-bond acceptors (Lipinski definition) is 10. The summed E-state index contributed by atoms with van der Waals surface area (Å²) in [6.45, 7) is 1.75. The van der Waals surface area contributed by atoms with Gasteiger partial charge in [-0.15, -0.1) is 11.3 Å². The lowest BCUT2D eigenvalue weighted by atomic mass is 9.97. The van der Waals surface area contributed by atoms with Crippen molar-refractivity contribution in [3.05, 3.63) is 76.0 Å². The zero-order valence-corrected chi connectivity index (χ0v) is 21.3. The number of benzene rings is 2. The number of nitrogens with one attached hydrogen (secondary N) is 1. The van der Waals surface area contributed by atoms with Gasteiger partial charge in [0.1, 0.15) is 46.7 Å². The highest BCUT2D eigenvalue weighted by Crippen LogP contribution is 2.37. The molecule has 4 N–H and O–H groups in total. The van der Waals surface area contributed by atoms with Crippen LogP contribution in [0.25, 0.3) is 11.1 Å². The van der Waals surface area contributed by atoms with E-state index in [1.165, 1.54) is 29.2 Å². The number of nitrogen functional groups attached to an aromatic ring is 1. The molecule has 0 spiro atoms. The second kappa shape index (κ2) is 11.7. The number of thioether (sulfide) groups is 1. The van der Waals surface area contributed by atoms with Gasteiger partial charge in [-0.2, -0.15) is 10.5 Å². The van der Waals surface area contributed by atoms with Crippen molar-refractivity contribution in [1.29, 1.82) is 10.5 Å². The fourth-order valence-electron chi connectivity index (χ4n) is 3.44. The Hall–Kier alpha value is -4.16. The Bertz CT molecular complexity index is 1510. The number of hydrogen-bond donors (Lipinski definition) is 3. The highest BCUT2D eigenvalue weighted by atomic mass is 32.2. The van der Waals surface area contributed by atoms with Crippen LogP contribution in [-0.2, 0) is 5.75 Å². The normalized spacial score (nSPS) is 10.5. The van der Waals surface area contributed by atoms with Gasteiger partial charge in [0.05, 0.1) is 17.9 Å². The smallest absolute Gasteiger partial charge is 0.187 e. The molecule has 2 heterocycles. The van der Waals surface area contributed by atoms with Crippen LogP contribution >= 0.6 is 23.1 Å². The van der Waals surface area contributed by atoms with Crippen molar-refractivity contribution in [3.8, 4) is 29.0 Å². The molecule has 0 aliphatic rings. The van der Waals surface area contributed by atoms with Crippen molar-refractivity contribution >= 4 is 39.7 Å². The number of rotatable bonds is 9. The lowest BCUT2D eigenvalue weighted by Crippen LogP contribution is -2.04. The van der Waals surface area contributed by atoms with E-state index < -0.39 is 0 Å². The van der Waals surface area contributed by atoms with Crippen molar-refractivity contribution < 1.29 is 14.2 Å². The molecule has 0 saturated carbocycles. The summed E-state index contributed by atoms with van der Waals surface area (Å²) in [6, 6.07) is 16.0. The number of nitrogens with two attached hydrogens (primary N) is 1. The summed E-state index contributed by atoms with van der Waals surface area (Å²) < 4.78 is 19.2. The van der Waals surface area contributed by atoms with Crippen LogP contribution in [0.4, 0.5) is 21.0 Å². The van der Waals surface area contributed by atoms with Crippen LogP contribution in [0.1, 0.15) is 22.4 Å². The Morgan fingerprint density at radius 3 is 2.57 bits per heavy atom. The number of nitriles is 2. The molecule has 0 aliphatic heterocycles. The molecule has 0 atom stereocenters. The Kier molecular flexibility index (Phi) is 8.21. The summed E-state index contributed by atoms with van der Waals surface area (Å²) in [6.07, 6.45) is 0. The van der Waals surface area contributed by atoms with Crippen molar-refractivity contribution in [1.82, 2.24) is 9.97 Å². The molecule has 0 unspecified atom stereocenters. The Morgan fingerprint density at radius 2 is 1.89 bits per heavy atom. The van der Waals surface area contributed by atoms with Gasteiger partial charge >= 0.3 is 0 Å². The fraction of sp³-hybridized carbons (Fsp3) is 0.154. The molecule has 0 radical (unpaired) electrons. The number of aryl methyl sites for hydroxylation is 1. The molecule has 0 fully saturated rings. The third-order valence-electron chi connectivity index (χ3n) is 5.25. The Morgan fingerprint density at radius 1 is 1.14 bits per heavy atom. The second-order valence-corrected chi connectivity index (χ2v) is 9.59. The Balaban J connectivity index is 1.57. The summed E-state index contributed by atoms with van der Waals surface area (Å²) in [7, 11) is 0. The molecule has 2 aromatic carbocycles. The van der Waals surface area contributed by atoms with Crippen molar-refractivity contribution in [3.63, 3.8) is 0 Å². The molecule has 37 heavy (non-hydrogen) atoms. The molecule has 0 amide bonds. The van der Waals surface area contributed by atoms with Crippen molar-refractivity contribution in [2.75, 3.05) is 24.3 Å². The van der Waals surface area contributed by atoms with Gasteiger partial charge in [-0.05, 0) is 42.3 Å². The molecule has 0 bridgehead atoms. The van der Waals surface area contributed by atoms with Crippen LogP contribution in [0.15, 0.2) is 52.9 Å². The van der Waals surface area contributed by atoms with Crippen molar-refractivity contribution in [2.24, 2.45) is 0 Å². The SMILES string of the molecule is Cc1ccc(Nc2nc(CSc3nc(N)c(C#N)c(-c4ccc(OCCO)cc4)c3C#N)cs2)cc1F. The van der Waals surface area contributed by atoms with Crippen LogP contribution in [-0.4, -0.2) is 28.3 Å². The first-order valence-corrected chi connectivity index (χ1v) is 12.9. The highest BCUT2D eigenvalue weighted by Gasteiger charge is 2.21. The maximum Gasteiger partial charge on any atom is 0.187 e. The van der Waals surface area contributed by atoms with Crippen LogP contribution < -0.4 is 15.8 Å². The third kappa shape index (κ3) is 5.98. The topological polar surface area (TPSA) is 141 Å². The minimum atomic E-state index is -0.297. The maximum absolute atomic E-state index is 13.8. The molecule has 4 rings (SSSR count). The quantitative estimate of drug-likeness (QED) is 0.242. The van der Waals surface area contributed by atoms with E-state index in [0.717, 1.165) is 5.69 Å². The van der Waals surface area contributed by atoms with Gasteiger partial charge in [0, 0.05) is 22.4 Å². The van der Waals surface area contributed by atoms with E-state index in [-0.39, 0.29) is 36.0 Å². The average Bonchev–Trinajstić information content (AvgIpc) is 3.35. The van der Waals surface area contributed by atoms with Gasteiger partial charge in [-0.25, -0.2) is 14.4 Å². The second-order valence-electron chi connectivity index (χ2n) is 7.77. The first-order chi connectivity index (χ1) is 17.9. The van der Waals surface area contributed by atoms with Gasteiger partial charge in [-0.1, -0.05) is 30.0 Å². The fourth-order valence-corrected chi connectivity index (χ4v) is 5.16. The lowest BCUT2D eigenvalue weighted by Gasteiger charge is -2.13. The molecule has 2 aromatic heterocycles. The van der Waals surface area contributed by atoms with E-state index in [0.29, 0.717) is 44.0 Å². The molecule has 11 heteroatoms. The molecular formula is C26H21FN6O2S2. The zero-order chi connectivity index (χ0) is 26.4. The van der Waals surface area contributed by atoms with Crippen LogP contribution in [0.5, 0.6) is 5.75 Å². The van der Waals surface area contributed by atoms with E-state index >= 15 is 0 Å². The minimum absolute atomic E-state index is 0.0293. The number of pyridine rings is 1. The number of ether oxygens (including phenoxy) is 1. The largest absolute Gasteiger partial charge is 0.491 e. The van der Waals surface area contributed by atoms with Crippen LogP contribution in [0.2, 0.25) is 0 Å². The summed E-state index contributed by atoms with van der Waals surface area (Å²) in [4.78, 5) is 8.87. The average molecular weight is 533 g/mol. The number of thiazole rings is 1. The van der Waals surface area contributed by atoms with Gasteiger partial charge in [0.15, 0.2) is 5.13 Å². The van der Waals surface area contributed by atoms with Gasteiger partial charge in [-0.3, -0.25) is 0 Å². The molecule has 186 valence electrons. The van der Waals surface area contributed by atoms with Crippen molar-refractivity contribution in [2.45, 2.75) is 17.7 Å². The maximum atomic E-state index is 13.8. The van der Waals surface area contributed by atoms with Gasteiger partial charge < -0.3 is 20.9 Å². The van der Waals surface area contributed by atoms with Crippen LogP contribution in [0.3, 0.4) is 0 Å². The Labute approximate surface area is 221 Å². The number of anilines is 3. The molecule has 4 aromatic rings. The minimum Gasteiger partial charge on any atom is -0.491 e. The number of aliphatic hydroxyl groups is 1. The zero-order valence-electron chi connectivity index (χ0n) is 19.7. The lowest BCUT2D eigenvalue weighted by molar-refractivity contribution is 0.201. The van der Waals surface area contributed by atoms with Gasteiger partial charge in [0.25, 0.3) is 0 Å². The van der Waals surface area contributed by atoms with Gasteiger partial charge in [0.2, 0.25) is 0 Å². The first-order valence-electron chi connectivity index (χ1n) is 11.0. The molecule has 8 nitrogen and oxygen atoms in total. The molecular weight excluding hydrogens is 511 g/mol. The van der Waals surface area contributed by atoms with E-state index in [9.17, 15) is 14.9 Å². The van der Waals surface area contributed by atoms with E-state index in [1.807, 2.05) is 5.38 Å². The summed E-state index contributed by atoms with van der Waals surface area (Å²) in [5, 5.41) is 34.6. The molecule has 0 aliphatic carbocycles. The summed E-state index contributed by atoms with van der Waals surface area (Å²) >= 11 is 2.66. The van der Waals surface area contributed by atoms with E-state index in [4.69, 9.17) is 15.6 Å². The van der Waals surface area contributed by atoms with Crippen LogP contribution in [0, 0.1) is 35.4 Å². The summed E-state index contributed by atoms with van der Waals surface area (Å²) in [5.41, 5.74) is 9.39. The first kappa shape index (κ1) is 25.9. The summed E-state index contributed by atoms with van der Waals surface area (Å²) in [5.74, 6) is 0.685. The number of nitrogens with zero attached hydrogens (tertiary/aromatic N) is 4. The highest BCUT2D eigenvalue weighted by molar-refractivity contribution is 7.98. The molecule has 0 saturated heterocycles. The van der Waals surface area contributed by atoms with E-state index in [2.05, 4.69) is 27.4 Å². The monoisotopic (exact) mass is 532 g/mol. The number of halogens is 1. The number of aliphatic hydroxyl groups excluding tert-OH is 1.